The molecule has 132 valence electrons. The van der Waals surface area contributed by atoms with E-state index >= 15 is 0 Å². The van der Waals surface area contributed by atoms with Crippen molar-refractivity contribution in [3.05, 3.63) is 23.8 Å². The number of hydrogen-bond donors (Lipinski definition) is 3. The molecule has 0 aliphatic heterocycles. The molecule has 0 heterocycles. The van der Waals surface area contributed by atoms with Gasteiger partial charge in [0.2, 0.25) is 15.9 Å². The highest BCUT2D eigenvalue weighted by Crippen LogP contribution is 2.23. The van der Waals surface area contributed by atoms with Crippen LogP contribution in [0.4, 0.5) is 11.4 Å². The predicted molar refractivity (Wildman–Crippen MR) is 88.4 cm³/mol. The van der Waals surface area contributed by atoms with E-state index in [0.29, 0.717) is 5.69 Å². The molecule has 0 unspecified atom stereocenters. The minimum atomic E-state index is -3.62. The molecule has 0 aromatic heterocycles. The van der Waals surface area contributed by atoms with Crippen molar-refractivity contribution in [2.24, 2.45) is 0 Å². The fourth-order valence-corrected chi connectivity index (χ4v) is 2.44. The fourth-order valence-electron chi connectivity index (χ4n) is 1.86. The summed E-state index contributed by atoms with van der Waals surface area (Å²) in [6, 6.07) is 4.13. The summed E-state index contributed by atoms with van der Waals surface area (Å²) in [5.74, 6) is -1.98. The maximum atomic E-state index is 12.5. The maximum absolute atomic E-state index is 12.5. The van der Waals surface area contributed by atoms with Crippen LogP contribution in [0.5, 0.6) is 0 Å². The third-order valence-corrected chi connectivity index (χ3v) is 3.46. The van der Waals surface area contributed by atoms with Crippen LogP contribution in [0.3, 0.4) is 0 Å². The summed E-state index contributed by atoms with van der Waals surface area (Å²) in [5.41, 5.74) is 0.356. The van der Waals surface area contributed by atoms with Gasteiger partial charge >= 0.3 is 5.97 Å². The Bertz CT molecular complexity index is 760. The molecule has 0 bridgehead atoms. The Morgan fingerprint density at radius 3 is 2.38 bits per heavy atom. The molecule has 0 fully saturated rings. The van der Waals surface area contributed by atoms with Crippen LogP contribution in [0.1, 0.15) is 23.7 Å². The smallest absolute Gasteiger partial charge is 0.305 e. The molecule has 10 heteroatoms. The molecule has 0 radical (unpaired) electrons. The van der Waals surface area contributed by atoms with Gasteiger partial charge in [-0.15, -0.1) is 0 Å². The number of carboxylic acids is 1. The van der Waals surface area contributed by atoms with E-state index in [2.05, 4.69) is 10.0 Å². The van der Waals surface area contributed by atoms with E-state index in [0.717, 1.165) is 11.2 Å². The van der Waals surface area contributed by atoms with Crippen molar-refractivity contribution in [3.8, 4) is 0 Å². The molecular weight excluding hydrogens is 338 g/mol. The van der Waals surface area contributed by atoms with E-state index in [1.54, 1.807) is 0 Å². The van der Waals surface area contributed by atoms with E-state index in [4.69, 9.17) is 5.11 Å². The van der Waals surface area contributed by atoms with Gasteiger partial charge in [-0.3, -0.25) is 19.1 Å². The zero-order valence-corrected chi connectivity index (χ0v) is 14.3. The van der Waals surface area contributed by atoms with Crippen molar-refractivity contribution in [1.29, 1.82) is 0 Å². The number of benzene rings is 1. The molecular formula is C14H19N3O6S. The number of anilines is 2. The summed E-state index contributed by atoms with van der Waals surface area (Å²) < 4.78 is 25.1. The molecule has 0 atom stereocenters. The Labute approximate surface area is 139 Å². The van der Waals surface area contributed by atoms with Gasteiger partial charge in [-0.2, -0.15) is 0 Å². The summed E-state index contributed by atoms with van der Waals surface area (Å²) in [6.07, 6.45) is 0.694. The minimum absolute atomic E-state index is 0.000404. The van der Waals surface area contributed by atoms with Crippen molar-refractivity contribution in [2.45, 2.75) is 13.3 Å². The molecule has 1 rings (SSSR count). The van der Waals surface area contributed by atoms with Crippen molar-refractivity contribution in [3.63, 3.8) is 0 Å². The lowest BCUT2D eigenvalue weighted by molar-refractivity contribution is -0.137. The fraction of sp³-hybridized carbons (Fsp3) is 0.357. The maximum Gasteiger partial charge on any atom is 0.305 e. The summed E-state index contributed by atoms with van der Waals surface area (Å²) in [6.45, 7) is 1.25. The Hall–Kier alpha value is -2.62. The number of nitrogens with one attached hydrogen (secondary N) is 2. The third kappa shape index (κ3) is 6.24. The quantitative estimate of drug-likeness (QED) is 0.653. The van der Waals surface area contributed by atoms with Gasteiger partial charge in [-0.25, -0.2) is 8.42 Å². The molecule has 0 aliphatic carbocycles. The highest BCUT2D eigenvalue weighted by molar-refractivity contribution is 7.92. The number of carbonyl (C=O) groups is 3. The number of sulfonamides is 1. The average molecular weight is 357 g/mol. The lowest BCUT2D eigenvalue weighted by Gasteiger charge is -2.19. The second-order valence-corrected chi connectivity index (χ2v) is 6.93. The third-order valence-electron chi connectivity index (χ3n) is 2.87. The first-order valence-electron chi connectivity index (χ1n) is 6.86. The molecule has 0 saturated carbocycles. The highest BCUT2D eigenvalue weighted by Gasteiger charge is 2.19. The Balaban J connectivity index is 3.20. The molecule has 0 spiro atoms. The van der Waals surface area contributed by atoms with Gasteiger partial charge in [0, 0.05) is 26.2 Å². The summed E-state index contributed by atoms with van der Waals surface area (Å²) >= 11 is 0. The van der Waals surface area contributed by atoms with Crippen LogP contribution in [0, 0.1) is 0 Å². The Morgan fingerprint density at radius 1 is 1.25 bits per heavy atom. The molecule has 3 N–H and O–H groups in total. The van der Waals surface area contributed by atoms with Crippen LogP contribution in [0.15, 0.2) is 18.2 Å². The average Bonchev–Trinajstić information content (AvgIpc) is 2.43. The van der Waals surface area contributed by atoms with Crippen LogP contribution in [-0.2, 0) is 19.6 Å². The van der Waals surface area contributed by atoms with Gasteiger partial charge < -0.3 is 15.3 Å². The standard InChI is InChI=1S/C14H19N3O6S/c1-9(18)15-10-4-5-12(16-24(3,22)23)11(8-10)14(21)17(2)7-6-13(19)20/h4-5,8,16H,6-7H2,1-3H3,(H,15,18)(H,19,20). The number of carbonyl (C=O) groups excluding carboxylic acids is 2. The first-order chi connectivity index (χ1) is 11.0. The molecule has 9 nitrogen and oxygen atoms in total. The summed E-state index contributed by atoms with van der Waals surface area (Å²) in [7, 11) is -2.22. The number of rotatable bonds is 7. The molecule has 1 aromatic rings. The van der Waals surface area contributed by atoms with Crippen molar-refractivity contribution < 1.29 is 27.9 Å². The first-order valence-corrected chi connectivity index (χ1v) is 8.75. The Kier molecular flexibility index (Phi) is 6.29. The lowest BCUT2D eigenvalue weighted by Crippen LogP contribution is -2.30. The number of hydrogen-bond acceptors (Lipinski definition) is 5. The Morgan fingerprint density at radius 2 is 1.88 bits per heavy atom. The van der Waals surface area contributed by atoms with E-state index in [9.17, 15) is 22.8 Å². The van der Waals surface area contributed by atoms with E-state index < -0.39 is 21.9 Å². The largest absolute Gasteiger partial charge is 0.481 e. The lowest BCUT2D eigenvalue weighted by atomic mass is 10.1. The zero-order valence-electron chi connectivity index (χ0n) is 13.5. The SMILES string of the molecule is CC(=O)Nc1ccc(NS(C)(=O)=O)c(C(=O)N(C)CCC(=O)O)c1. The van der Waals surface area contributed by atoms with Gasteiger partial charge in [0.1, 0.15) is 0 Å². The van der Waals surface area contributed by atoms with Crippen LogP contribution in [-0.4, -0.2) is 56.1 Å². The van der Waals surface area contributed by atoms with E-state index in [1.165, 1.54) is 32.2 Å². The van der Waals surface area contributed by atoms with Crippen molar-refractivity contribution in [2.75, 3.05) is 29.9 Å². The van der Waals surface area contributed by atoms with Gasteiger partial charge in [-0.1, -0.05) is 0 Å². The number of aliphatic carboxylic acids is 1. The zero-order chi connectivity index (χ0) is 18.5. The van der Waals surface area contributed by atoms with Gasteiger partial charge in [0.15, 0.2) is 0 Å². The molecule has 0 saturated heterocycles. The first kappa shape index (κ1) is 19.4. The normalized spacial score (nSPS) is 10.8. The van der Waals surface area contributed by atoms with E-state index in [1.807, 2.05) is 0 Å². The second-order valence-electron chi connectivity index (χ2n) is 5.19. The second kappa shape index (κ2) is 7.77. The molecule has 24 heavy (non-hydrogen) atoms. The number of amides is 2. The van der Waals surface area contributed by atoms with Crippen LogP contribution in [0.2, 0.25) is 0 Å². The predicted octanol–water partition coefficient (Wildman–Crippen LogP) is 0.563. The van der Waals surface area contributed by atoms with Gasteiger partial charge in [-0.05, 0) is 18.2 Å². The summed E-state index contributed by atoms with van der Waals surface area (Å²) in [5, 5.41) is 11.2. The summed E-state index contributed by atoms with van der Waals surface area (Å²) in [4.78, 5) is 35.4. The number of nitrogens with zero attached hydrogens (tertiary/aromatic N) is 1. The van der Waals surface area contributed by atoms with Crippen LogP contribution < -0.4 is 10.0 Å². The monoisotopic (exact) mass is 357 g/mol. The van der Waals surface area contributed by atoms with Crippen LogP contribution >= 0.6 is 0 Å². The molecule has 2 amide bonds. The van der Waals surface area contributed by atoms with Crippen molar-refractivity contribution in [1.82, 2.24) is 4.90 Å². The number of carboxylic acid groups (broad SMARTS) is 1. The van der Waals surface area contributed by atoms with Crippen LogP contribution in [0.25, 0.3) is 0 Å². The van der Waals surface area contributed by atoms with Gasteiger partial charge in [0.25, 0.3) is 5.91 Å². The van der Waals surface area contributed by atoms with Crippen molar-refractivity contribution >= 4 is 39.2 Å². The highest BCUT2D eigenvalue weighted by atomic mass is 32.2. The topological polar surface area (TPSA) is 133 Å². The van der Waals surface area contributed by atoms with E-state index in [-0.39, 0.29) is 30.1 Å². The molecule has 1 aromatic carbocycles. The molecule has 0 aliphatic rings. The minimum Gasteiger partial charge on any atom is -0.481 e. The van der Waals surface area contributed by atoms with Gasteiger partial charge in [0.05, 0.1) is 23.9 Å².